The molecule has 144 valence electrons. The topological polar surface area (TPSA) is 47.6 Å². The maximum Gasteiger partial charge on any atom is 0.265 e. The van der Waals surface area contributed by atoms with Gasteiger partial charge in [-0.05, 0) is 54.1 Å². The Bertz CT molecular complexity index is 1120. The van der Waals surface area contributed by atoms with Gasteiger partial charge in [-0.1, -0.05) is 60.7 Å². The molecular weight excluding hydrogens is 362 g/mol. The SMILES string of the molecule is C[C@H](Oc1ccc2ccccc2c1)C(=O)Nc1ccccc1Oc1ccccc1. The van der Waals surface area contributed by atoms with Crippen LogP contribution in [0, 0.1) is 0 Å². The van der Waals surface area contributed by atoms with Gasteiger partial charge in [0.05, 0.1) is 5.69 Å². The molecule has 1 atom stereocenters. The summed E-state index contributed by atoms with van der Waals surface area (Å²) in [5.74, 6) is 1.68. The summed E-state index contributed by atoms with van der Waals surface area (Å²) in [6.07, 6.45) is -0.666. The van der Waals surface area contributed by atoms with E-state index in [2.05, 4.69) is 5.32 Å². The van der Waals surface area contributed by atoms with Gasteiger partial charge in [-0.3, -0.25) is 4.79 Å². The predicted octanol–water partition coefficient (Wildman–Crippen LogP) is 6.04. The van der Waals surface area contributed by atoms with Crippen molar-refractivity contribution >= 4 is 22.4 Å². The number of para-hydroxylation sites is 3. The molecule has 0 aliphatic heterocycles. The van der Waals surface area contributed by atoms with E-state index in [0.717, 1.165) is 10.8 Å². The van der Waals surface area contributed by atoms with Crippen LogP contribution in [-0.2, 0) is 4.79 Å². The summed E-state index contributed by atoms with van der Waals surface area (Å²) in [6.45, 7) is 1.73. The van der Waals surface area contributed by atoms with Crippen molar-refractivity contribution < 1.29 is 14.3 Å². The summed E-state index contributed by atoms with van der Waals surface area (Å²) < 4.78 is 11.8. The lowest BCUT2D eigenvalue weighted by Gasteiger charge is -2.17. The number of ether oxygens (including phenoxy) is 2. The van der Waals surface area contributed by atoms with Crippen molar-refractivity contribution in [3.05, 3.63) is 97.1 Å². The number of fused-ring (bicyclic) bond motifs is 1. The second-order valence-electron chi connectivity index (χ2n) is 6.67. The van der Waals surface area contributed by atoms with E-state index >= 15 is 0 Å². The van der Waals surface area contributed by atoms with E-state index in [0.29, 0.717) is 22.9 Å². The number of benzene rings is 4. The monoisotopic (exact) mass is 383 g/mol. The fraction of sp³-hybridized carbons (Fsp3) is 0.0800. The van der Waals surface area contributed by atoms with Crippen molar-refractivity contribution in [2.24, 2.45) is 0 Å². The molecule has 4 aromatic carbocycles. The second kappa shape index (κ2) is 8.48. The van der Waals surface area contributed by atoms with Crippen molar-refractivity contribution in [1.82, 2.24) is 0 Å². The van der Waals surface area contributed by atoms with Crippen molar-refractivity contribution in [3.63, 3.8) is 0 Å². The van der Waals surface area contributed by atoms with Gasteiger partial charge in [-0.2, -0.15) is 0 Å². The van der Waals surface area contributed by atoms with Gasteiger partial charge in [0.15, 0.2) is 11.9 Å². The highest BCUT2D eigenvalue weighted by molar-refractivity contribution is 5.95. The van der Waals surface area contributed by atoms with Crippen LogP contribution in [0.2, 0.25) is 0 Å². The summed E-state index contributed by atoms with van der Waals surface area (Å²) in [6, 6.07) is 30.6. The third kappa shape index (κ3) is 4.55. The Hall–Kier alpha value is -3.79. The lowest BCUT2D eigenvalue weighted by Crippen LogP contribution is -2.30. The second-order valence-corrected chi connectivity index (χ2v) is 6.67. The third-order valence-electron chi connectivity index (χ3n) is 4.52. The standard InChI is InChI=1S/C25H21NO3/c1-18(28-22-16-15-19-9-5-6-10-20(19)17-22)25(27)26-23-13-7-8-14-24(23)29-21-11-3-2-4-12-21/h2-18H,1H3,(H,26,27)/t18-/m0/s1. The van der Waals surface area contributed by atoms with E-state index in [-0.39, 0.29) is 5.91 Å². The zero-order valence-electron chi connectivity index (χ0n) is 16.0. The van der Waals surface area contributed by atoms with E-state index in [9.17, 15) is 4.79 Å². The fourth-order valence-corrected chi connectivity index (χ4v) is 3.01. The molecule has 0 saturated heterocycles. The Kier molecular flexibility index (Phi) is 5.43. The lowest BCUT2D eigenvalue weighted by atomic mass is 10.1. The minimum atomic E-state index is -0.666. The van der Waals surface area contributed by atoms with Gasteiger partial charge in [0, 0.05) is 0 Å². The molecule has 0 saturated carbocycles. The molecule has 4 nitrogen and oxygen atoms in total. The number of amides is 1. The molecule has 4 heteroatoms. The first kappa shape index (κ1) is 18.6. The summed E-state index contributed by atoms with van der Waals surface area (Å²) in [5, 5.41) is 5.10. The van der Waals surface area contributed by atoms with Crippen molar-refractivity contribution in [3.8, 4) is 17.2 Å². The van der Waals surface area contributed by atoms with Crippen molar-refractivity contribution in [2.45, 2.75) is 13.0 Å². The molecule has 0 unspecified atom stereocenters. The molecule has 0 aromatic heterocycles. The van der Waals surface area contributed by atoms with E-state index in [4.69, 9.17) is 9.47 Å². The molecule has 0 spiro atoms. The first-order chi connectivity index (χ1) is 14.2. The number of carbonyl (C=O) groups is 1. The largest absolute Gasteiger partial charge is 0.481 e. The lowest BCUT2D eigenvalue weighted by molar-refractivity contribution is -0.122. The quantitative estimate of drug-likeness (QED) is 0.442. The molecule has 1 amide bonds. The Morgan fingerprint density at radius 2 is 1.45 bits per heavy atom. The number of hydrogen-bond acceptors (Lipinski definition) is 3. The highest BCUT2D eigenvalue weighted by Gasteiger charge is 2.17. The first-order valence-electron chi connectivity index (χ1n) is 9.47. The molecule has 0 heterocycles. The Morgan fingerprint density at radius 1 is 0.759 bits per heavy atom. The zero-order valence-corrected chi connectivity index (χ0v) is 16.0. The van der Waals surface area contributed by atoms with E-state index in [1.54, 1.807) is 13.0 Å². The van der Waals surface area contributed by atoms with Crippen LogP contribution in [0.15, 0.2) is 97.1 Å². The smallest absolute Gasteiger partial charge is 0.265 e. The van der Waals surface area contributed by atoms with Gasteiger partial charge in [-0.15, -0.1) is 0 Å². The van der Waals surface area contributed by atoms with E-state index in [1.807, 2.05) is 91.0 Å². The van der Waals surface area contributed by atoms with E-state index in [1.165, 1.54) is 0 Å². The van der Waals surface area contributed by atoms with Crippen LogP contribution in [0.1, 0.15) is 6.92 Å². The normalized spacial score (nSPS) is 11.6. The Morgan fingerprint density at radius 3 is 2.28 bits per heavy atom. The maximum atomic E-state index is 12.7. The molecule has 0 fully saturated rings. The first-order valence-corrected chi connectivity index (χ1v) is 9.47. The molecule has 0 radical (unpaired) electrons. The average Bonchev–Trinajstić information content (AvgIpc) is 2.75. The van der Waals surface area contributed by atoms with Crippen LogP contribution in [0.4, 0.5) is 5.69 Å². The van der Waals surface area contributed by atoms with Gasteiger partial charge in [0.2, 0.25) is 0 Å². The Balaban J connectivity index is 1.46. The van der Waals surface area contributed by atoms with Gasteiger partial charge in [-0.25, -0.2) is 0 Å². The molecule has 29 heavy (non-hydrogen) atoms. The van der Waals surface area contributed by atoms with Crippen LogP contribution < -0.4 is 14.8 Å². The molecule has 4 rings (SSSR count). The average molecular weight is 383 g/mol. The van der Waals surface area contributed by atoms with Crippen molar-refractivity contribution in [1.29, 1.82) is 0 Å². The Labute approximate surface area is 169 Å². The number of anilines is 1. The number of carbonyl (C=O) groups excluding carboxylic acids is 1. The van der Waals surface area contributed by atoms with Gasteiger partial charge in [0.25, 0.3) is 5.91 Å². The van der Waals surface area contributed by atoms with Gasteiger partial charge in [0.1, 0.15) is 11.5 Å². The predicted molar refractivity (Wildman–Crippen MR) is 116 cm³/mol. The maximum absolute atomic E-state index is 12.7. The van der Waals surface area contributed by atoms with E-state index < -0.39 is 6.10 Å². The summed E-state index contributed by atoms with van der Waals surface area (Å²) in [5.41, 5.74) is 0.593. The molecule has 1 N–H and O–H groups in total. The van der Waals surface area contributed by atoms with Gasteiger partial charge >= 0.3 is 0 Å². The number of hydrogen-bond donors (Lipinski definition) is 1. The summed E-state index contributed by atoms with van der Waals surface area (Å²) in [4.78, 5) is 12.7. The minimum absolute atomic E-state index is 0.248. The number of rotatable bonds is 6. The van der Waals surface area contributed by atoms with Gasteiger partial charge < -0.3 is 14.8 Å². The highest BCUT2D eigenvalue weighted by atomic mass is 16.5. The third-order valence-corrected chi connectivity index (χ3v) is 4.52. The molecule has 4 aromatic rings. The number of nitrogens with one attached hydrogen (secondary N) is 1. The summed E-state index contributed by atoms with van der Waals surface area (Å²) >= 11 is 0. The fourth-order valence-electron chi connectivity index (χ4n) is 3.01. The zero-order chi connectivity index (χ0) is 20.1. The molecule has 0 aliphatic rings. The van der Waals surface area contributed by atoms with Crippen molar-refractivity contribution in [2.75, 3.05) is 5.32 Å². The molecule has 0 aliphatic carbocycles. The summed E-state index contributed by atoms with van der Waals surface area (Å²) in [7, 11) is 0. The van der Waals surface area contributed by atoms with Crippen LogP contribution in [0.25, 0.3) is 10.8 Å². The van der Waals surface area contributed by atoms with Crippen LogP contribution in [0.5, 0.6) is 17.2 Å². The van der Waals surface area contributed by atoms with Crippen LogP contribution in [-0.4, -0.2) is 12.0 Å². The molecular formula is C25H21NO3. The minimum Gasteiger partial charge on any atom is -0.481 e. The van der Waals surface area contributed by atoms with Crippen LogP contribution in [0.3, 0.4) is 0 Å². The van der Waals surface area contributed by atoms with Crippen LogP contribution >= 0.6 is 0 Å². The highest BCUT2D eigenvalue weighted by Crippen LogP contribution is 2.29. The molecule has 0 bridgehead atoms.